The molecule has 0 aliphatic rings. The highest BCUT2D eigenvalue weighted by atomic mass is 79.9. The number of hydrogen-bond donors (Lipinski definition) is 0. The molecule has 0 saturated heterocycles. The SMILES string of the molecule is CCOC(C)(C)Cn1c(C(C)Cl)nc2cc(F)c(Br)cc21. The Bertz CT molecular complexity index is 655. The maximum Gasteiger partial charge on any atom is 0.139 e. The second-order valence-electron chi connectivity index (χ2n) is 5.62. The Labute approximate surface area is 137 Å². The van der Waals surface area contributed by atoms with Crippen molar-refractivity contribution in [2.75, 3.05) is 6.61 Å². The largest absolute Gasteiger partial charge is 0.374 e. The molecule has 1 unspecified atom stereocenters. The Balaban J connectivity index is 2.58. The van der Waals surface area contributed by atoms with Crippen LogP contribution >= 0.6 is 27.5 Å². The first-order valence-electron chi connectivity index (χ1n) is 6.88. The van der Waals surface area contributed by atoms with Crippen LogP contribution < -0.4 is 0 Å². The van der Waals surface area contributed by atoms with Crippen LogP contribution in [0.3, 0.4) is 0 Å². The third kappa shape index (κ3) is 3.58. The van der Waals surface area contributed by atoms with Crippen LogP contribution in [0.25, 0.3) is 11.0 Å². The molecule has 21 heavy (non-hydrogen) atoms. The molecule has 1 heterocycles. The van der Waals surface area contributed by atoms with Gasteiger partial charge in [-0.25, -0.2) is 9.37 Å². The summed E-state index contributed by atoms with van der Waals surface area (Å²) >= 11 is 9.46. The van der Waals surface area contributed by atoms with E-state index in [-0.39, 0.29) is 16.8 Å². The topological polar surface area (TPSA) is 27.1 Å². The normalized spacial score (nSPS) is 13.9. The number of alkyl halides is 1. The van der Waals surface area contributed by atoms with Gasteiger partial charge in [-0.1, -0.05) is 0 Å². The highest BCUT2D eigenvalue weighted by Gasteiger charge is 2.24. The molecule has 3 nitrogen and oxygen atoms in total. The molecule has 1 aromatic heterocycles. The number of nitrogens with zero attached hydrogens (tertiary/aromatic N) is 2. The Morgan fingerprint density at radius 1 is 1.48 bits per heavy atom. The number of aromatic nitrogens is 2. The molecule has 0 N–H and O–H groups in total. The number of rotatable bonds is 5. The van der Waals surface area contributed by atoms with E-state index in [1.165, 1.54) is 6.07 Å². The average molecular weight is 378 g/mol. The van der Waals surface area contributed by atoms with E-state index in [1.54, 1.807) is 6.07 Å². The standard InChI is InChI=1S/C15H19BrClFN2O/c1-5-21-15(3,4)8-20-13-6-10(16)11(18)7-12(13)19-14(20)9(2)17/h6-7,9H,5,8H2,1-4H3. The monoisotopic (exact) mass is 376 g/mol. The third-order valence-corrected chi connectivity index (χ3v) is 4.05. The lowest BCUT2D eigenvalue weighted by atomic mass is 10.1. The number of ether oxygens (including phenoxy) is 1. The Morgan fingerprint density at radius 2 is 2.14 bits per heavy atom. The van der Waals surface area contributed by atoms with Crippen LogP contribution in [0, 0.1) is 5.82 Å². The van der Waals surface area contributed by atoms with Crippen LogP contribution in [0.2, 0.25) is 0 Å². The quantitative estimate of drug-likeness (QED) is 0.682. The molecule has 0 amide bonds. The molecule has 1 atom stereocenters. The first kappa shape index (κ1) is 16.7. The van der Waals surface area contributed by atoms with Gasteiger partial charge >= 0.3 is 0 Å². The molecule has 0 radical (unpaired) electrons. The summed E-state index contributed by atoms with van der Waals surface area (Å²) in [6.45, 7) is 9.09. The predicted molar refractivity (Wildman–Crippen MR) is 87.4 cm³/mol. The fourth-order valence-electron chi connectivity index (χ4n) is 2.43. The molecule has 2 rings (SSSR count). The minimum absolute atomic E-state index is 0.267. The first-order valence-corrected chi connectivity index (χ1v) is 8.11. The lowest BCUT2D eigenvalue weighted by Gasteiger charge is -2.26. The van der Waals surface area contributed by atoms with Gasteiger partial charge in [-0.15, -0.1) is 11.6 Å². The minimum Gasteiger partial charge on any atom is -0.374 e. The van der Waals surface area contributed by atoms with Gasteiger partial charge in [-0.05, 0) is 49.7 Å². The highest BCUT2D eigenvalue weighted by Crippen LogP contribution is 2.30. The summed E-state index contributed by atoms with van der Waals surface area (Å²) < 4.78 is 21.9. The van der Waals surface area contributed by atoms with Crippen molar-refractivity contribution in [1.29, 1.82) is 0 Å². The first-order chi connectivity index (χ1) is 9.75. The molecule has 0 aliphatic carbocycles. The van der Waals surface area contributed by atoms with E-state index >= 15 is 0 Å². The van der Waals surface area contributed by atoms with Crippen molar-refractivity contribution in [3.63, 3.8) is 0 Å². The number of halogens is 3. The molecule has 116 valence electrons. The zero-order chi connectivity index (χ0) is 15.8. The molecule has 6 heteroatoms. The Morgan fingerprint density at radius 3 is 2.71 bits per heavy atom. The van der Waals surface area contributed by atoms with Crippen molar-refractivity contribution in [3.8, 4) is 0 Å². The van der Waals surface area contributed by atoms with Crippen molar-refractivity contribution in [3.05, 3.63) is 28.2 Å². The summed E-state index contributed by atoms with van der Waals surface area (Å²) in [7, 11) is 0. The van der Waals surface area contributed by atoms with E-state index in [1.807, 2.05) is 32.3 Å². The van der Waals surface area contributed by atoms with E-state index in [0.29, 0.717) is 23.1 Å². The molecule has 2 aromatic rings. The van der Waals surface area contributed by atoms with Crippen LogP contribution in [0.1, 0.15) is 38.9 Å². The second-order valence-corrected chi connectivity index (χ2v) is 7.13. The highest BCUT2D eigenvalue weighted by molar-refractivity contribution is 9.10. The van der Waals surface area contributed by atoms with Crippen molar-refractivity contribution in [2.24, 2.45) is 0 Å². The Kier molecular flexibility index (Phi) is 4.96. The summed E-state index contributed by atoms with van der Waals surface area (Å²) in [6.07, 6.45) is 0. The summed E-state index contributed by atoms with van der Waals surface area (Å²) in [4.78, 5) is 4.47. The van der Waals surface area contributed by atoms with Gasteiger partial charge in [0.2, 0.25) is 0 Å². The third-order valence-electron chi connectivity index (χ3n) is 3.25. The molecule has 0 fully saturated rings. The number of fused-ring (bicyclic) bond motifs is 1. The van der Waals surface area contributed by atoms with Crippen molar-refractivity contribution in [1.82, 2.24) is 9.55 Å². The lowest BCUT2D eigenvalue weighted by Crippen LogP contribution is -2.31. The van der Waals surface area contributed by atoms with Crippen LogP contribution in [-0.4, -0.2) is 21.8 Å². The fourth-order valence-corrected chi connectivity index (χ4v) is 2.92. The molecule has 0 spiro atoms. The van der Waals surface area contributed by atoms with E-state index in [2.05, 4.69) is 20.9 Å². The van der Waals surface area contributed by atoms with E-state index in [4.69, 9.17) is 16.3 Å². The predicted octanol–water partition coefficient (Wildman–Crippen LogP) is 5.05. The van der Waals surface area contributed by atoms with Crippen LogP contribution in [0.15, 0.2) is 16.6 Å². The van der Waals surface area contributed by atoms with Crippen LogP contribution in [0.5, 0.6) is 0 Å². The summed E-state index contributed by atoms with van der Waals surface area (Å²) in [5.74, 6) is 0.391. The van der Waals surface area contributed by atoms with Crippen molar-refractivity contribution in [2.45, 2.75) is 45.2 Å². The second kappa shape index (κ2) is 6.23. The molecular formula is C15H19BrClFN2O. The van der Waals surface area contributed by atoms with E-state index in [9.17, 15) is 4.39 Å². The number of imidazole rings is 1. The molecule has 1 aromatic carbocycles. The summed E-state index contributed by atoms with van der Waals surface area (Å²) in [5, 5.41) is -0.267. The van der Waals surface area contributed by atoms with Crippen LogP contribution in [-0.2, 0) is 11.3 Å². The van der Waals surface area contributed by atoms with E-state index in [0.717, 1.165) is 11.3 Å². The number of benzene rings is 1. The maximum absolute atomic E-state index is 13.7. The smallest absolute Gasteiger partial charge is 0.139 e. The zero-order valence-corrected chi connectivity index (χ0v) is 14.9. The van der Waals surface area contributed by atoms with Gasteiger partial charge in [-0.3, -0.25) is 0 Å². The van der Waals surface area contributed by atoms with Crippen LogP contribution in [0.4, 0.5) is 4.39 Å². The molecule has 0 saturated carbocycles. The van der Waals surface area contributed by atoms with Gasteiger partial charge in [0.05, 0.1) is 33.0 Å². The molecule has 0 aliphatic heterocycles. The van der Waals surface area contributed by atoms with Crippen molar-refractivity contribution >= 4 is 38.6 Å². The van der Waals surface area contributed by atoms with Gasteiger partial charge in [-0.2, -0.15) is 0 Å². The average Bonchev–Trinajstić information content (AvgIpc) is 2.68. The van der Waals surface area contributed by atoms with Gasteiger partial charge in [0.25, 0.3) is 0 Å². The number of hydrogen-bond acceptors (Lipinski definition) is 2. The summed E-state index contributed by atoms with van der Waals surface area (Å²) in [6, 6.07) is 3.16. The zero-order valence-electron chi connectivity index (χ0n) is 12.6. The fraction of sp³-hybridized carbons (Fsp3) is 0.533. The van der Waals surface area contributed by atoms with Gasteiger partial charge < -0.3 is 9.30 Å². The Hall–Kier alpha value is -0.650. The van der Waals surface area contributed by atoms with Gasteiger partial charge in [0.1, 0.15) is 11.6 Å². The van der Waals surface area contributed by atoms with Crippen molar-refractivity contribution < 1.29 is 9.13 Å². The van der Waals surface area contributed by atoms with E-state index < -0.39 is 0 Å². The minimum atomic E-state index is -0.357. The summed E-state index contributed by atoms with van der Waals surface area (Å²) in [5.41, 5.74) is 1.09. The molecular weight excluding hydrogens is 359 g/mol. The van der Waals surface area contributed by atoms with Gasteiger partial charge in [0.15, 0.2) is 0 Å². The van der Waals surface area contributed by atoms with Gasteiger partial charge in [0, 0.05) is 12.7 Å². The lowest BCUT2D eigenvalue weighted by molar-refractivity contribution is -0.0221. The maximum atomic E-state index is 13.7. The molecule has 0 bridgehead atoms.